The number of carbonyl (C=O) groups is 4. The third-order valence-electron chi connectivity index (χ3n) is 5.21. The van der Waals surface area contributed by atoms with E-state index in [2.05, 4.69) is 10.6 Å². The van der Waals surface area contributed by atoms with E-state index < -0.39 is 35.8 Å². The molecular weight excluding hydrogens is 414 g/mol. The Morgan fingerprint density at radius 3 is 1.56 bits per heavy atom. The van der Waals surface area contributed by atoms with Crippen molar-refractivity contribution < 1.29 is 33.2 Å². The molecule has 2 bridgehead atoms. The number of cyclic esters (lactones) is 2. The lowest BCUT2D eigenvalue weighted by molar-refractivity contribution is -0.671. The van der Waals surface area contributed by atoms with E-state index in [-0.39, 0.29) is 36.2 Å². The zero-order valence-corrected chi connectivity index (χ0v) is 19.5. The summed E-state index contributed by atoms with van der Waals surface area (Å²) in [7, 11) is 1.68. The number of esters is 2. The summed E-state index contributed by atoms with van der Waals surface area (Å²) in [6.07, 6.45) is 5.05. The molecule has 0 unspecified atom stereocenters. The lowest BCUT2D eigenvalue weighted by Gasteiger charge is -2.22. The van der Waals surface area contributed by atoms with Crippen LogP contribution in [0.1, 0.15) is 67.7 Å². The molecule has 2 atom stereocenters. The Labute approximate surface area is 188 Å². The number of rotatable bonds is 2. The van der Waals surface area contributed by atoms with Crippen molar-refractivity contribution in [2.24, 2.45) is 18.9 Å². The van der Waals surface area contributed by atoms with Crippen LogP contribution >= 0.6 is 0 Å². The highest BCUT2D eigenvalue weighted by molar-refractivity contribution is 6.01. The molecular formula is C23H34N3O6+. The van der Waals surface area contributed by atoms with Gasteiger partial charge in [0.1, 0.15) is 30.3 Å². The average Bonchev–Trinajstić information content (AvgIpc) is 2.72. The topological polar surface area (TPSA) is 115 Å². The Morgan fingerprint density at radius 1 is 0.781 bits per heavy atom. The Balaban J connectivity index is 2.36. The number of carbonyl (C=O) groups excluding carboxylic acids is 4. The van der Waals surface area contributed by atoms with Gasteiger partial charge in [-0.1, -0.05) is 27.7 Å². The van der Waals surface area contributed by atoms with Gasteiger partial charge in [0.15, 0.2) is 12.4 Å². The Hall–Kier alpha value is -2.97. The molecule has 9 nitrogen and oxygen atoms in total. The molecule has 0 aromatic carbocycles. The molecule has 0 saturated carbocycles. The van der Waals surface area contributed by atoms with Crippen molar-refractivity contribution in [1.29, 1.82) is 0 Å². The monoisotopic (exact) mass is 448 g/mol. The molecule has 0 aliphatic carbocycles. The zero-order chi connectivity index (χ0) is 23.8. The van der Waals surface area contributed by atoms with Gasteiger partial charge in [0, 0.05) is 0 Å². The number of fused-ring (bicyclic) bond motifs is 2. The van der Waals surface area contributed by atoms with E-state index in [0.717, 1.165) is 0 Å². The van der Waals surface area contributed by atoms with Crippen LogP contribution in [0.25, 0.3) is 0 Å². The minimum atomic E-state index is -0.810. The lowest BCUT2D eigenvalue weighted by atomic mass is 10.0. The Morgan fingerprint density at radius 2 is 1.19 bits per heavy atom. The summed E-state index contributed by atoms with van der Waals surface area (Å²) in [5, 5.41) is 5.45. The van der Waals surface area contributed by atoms with Crippen LogP contribution in [0, 0.1) is 11.8 Å². The van der Waals surface area contributed by atoms with Gasteiger partial charge in [-0.25, -0.2) is 14.2 Å². The summed E-state index contributed by atoms with van der Waals surface area (Å²) in [6.45, 7) is 7.73. The maximum absolute atomic E-state index is 12.9. The second-order valence-corrected chi connectivity index (χ2v) is 8.76. The predicted octanol–water partition coefficient (Wildman–Crippen LogP) is 1.29. The first-order chi connectivity index (χ1) is 15.1. The van der Waals surface area contributed by atoms with Crippen LogP contribution in [0.2, 0.25) is 0 Å². The first-order valence-electron chi connectivity index (χ1n) is 11.1. The van der Waals surface area contributed by atoms with Crippen molar-refractivity contribution in [3.8, 4) is 0 Å². The molecule has 176 valence electrons. The molecule has 1 aliphatic rings. The van der Waals surface area contributed by atoms with Crippen LogP contribution in [0.5, 0.6) is 0 Å². The largest absolute Gasteiger partial charge is 0.464 e. The van der Waals surface area contributed by atoms with Crippen LogP contribution in [0.3, 0.4) is 0 Å². The van der Waals surface area contributed by atoms with Gasteiger partial charge in [-0.2, -0.15) is 0 Å². The summed E-state index contributed by atoms with van der Waals surface area (Å²) in [4.78, 5) is 50.8. The normalized spacial score (nSPS) is 21.8. The molecule has 2 amide bonds. The van der Waals surface area contributed by atoms with Crippen molar-refractivity contribution in [2.45, 2.75) is 59.0 Å². The summed E-state index contributed by atoms with van der Waals surface area (Å²) in [6, 6.07) is -0.190. The summed E-state index contributed by atoms with van der Waals surface area (Å²) < 4.78 is 12.3. The number of hydrogen-bond acceptors (Lipinski definition) is 6. The molecule has 0 spiro atoms. The molecule has 2 rings (SSSR count). The van der Waals surface area contributed by atoms with Crippen molar-refractivity contribution in [3.63, 3.8) is 0 Å². The minimum absolute atomic E-state index is 0.177. The van der Waals surface area contributed by atoms with E-state index in [1.165, 1.54) is 6.07 Å². The highest BCUT2D eigenvalue weighted by atomic mass is 16.5. The number of nitrogens with one attached hydrogen (secondary N) is 2. The molecule has 2 heterocycles. The number of pyridine rings is 1. The van der Waals surface area contributed by atoms with Gasteiger partial charge >= 0.3 is 11.9 Å². The third-order valence-corrected chi connectivity index (χ3v) is 5.21. The fourth-order valence-electron chi connectivity index (χ4n) is 3.32. The summed E-state index contributed by atoms with van der Waals surface area (Å²) in [5.74, 6) is -2.34. The van der Waals surface area contributed by atoms with Crippen molar-refractivity contribution in [1.82, 2.24) is 10.6 Å². The predicted molar refractivity (Wildman–Crippen MR) is 116 cm³/mol. The van der Waals surface area contributed by atoms with Gasteiger partial charge in [-0.3, -0.25) is 9.59 Å². The SMILES string of the molecule is CC(C)[C@@H]1NC(=O)c2cc(c[n+](C)c2)C(=O)N[C@@H](C(C)C)C(=O)OCCCCCOC1=O. The van der Waals surface area contributed by atoms with E-state index in [1.54, 1.807) is 24.0 Å². The van der Waals surface area contributed by atoms with Gasteiger partial charge in [0.25, 0.3) is 11.8 Å². The van der Waals surface area contributed by atoms with Gasteiger partial charge < -0.3 is 20.1 Å². The lowest BCUT2D eigenvalue weighted by Crippen LogP contribution is -2.47. The third kappa shape index (κ3) is 7.03. The minimum Gasteiger partial charge on any atom is -0.464 e. The smallest absolute Gasteiger partial charge is 0.328 e. The highest BCUT2D eigenvalue weighted by Crippen LogP contribution is 2.11. The van der Waals surface area contributed by atoms with E-state index in [0.29, 0.717) is 19.3 Å². The summed E-state index contributed by atoms with van der Waals surface area (Å²) >= 11 is 0. The maximum atomic E-state index is 12.9. The second-order valence-electron chi connectivity index (χ2n) is 8.76. The number of hydrogen-bond donors (Lipinski definition) is 2. The molecule has 1 aliphatic heterocycles. The maximum Gasteiger partial charge on any atom is 0.328 e. The molecule has 32 heavy (non-hydrogen) atoms. The number of aromatic nitrogens is 1. The van der Waals surface area contributed by atoms with Crippen LogP contribution < -0.4 is 15.2 Å². The van der Waals surface area contributed by atoms with Crippen LogP contribution in [0.15, 0.2) is 18.5 Å². The fraction of sp³-hybridized carbons (Fsp3) is 0.609. The standard InChI is InChI=1S/C23H33N3O6/c1-14(2)18-22(29)31-9-7-6-8-10-32-23(30)19(15(3)4)25-21(28)17-11-16(20(27)24-18)12-26(5)13-17/h11-15,18-19H,6-10H2,1-5H3,(H-,24,25,27,28)/p+1/t18-,19-/m0/s1. The van der Waals surface area contributed by atoms with Crippen LogP contribution in [0.4, 0.5) is 0 Å². The highest BCUT2D eigenvalue weighted by Gasteiger charge is 2.29. The first-order valence-corrected chi connectivity index (χ1v) is 11.1. The Kier molecular flexibility index (Phi) is 9.16. The van der Waals surface area contributed by atoms with E-state index in [1.807, 2.05) is 27.7 Å². The van der Waals surface area contributed by atoms with E-state index >= 15 is 0 Å². The molecule has 9 heteroatoms. The number of nitrogens with zero attached hydrogens (tertiary/aromatic N) is 1. The molecule has 1 aromatic rings. The zero-order valence-electron chi connectivity index (χ0n) is 19.5. The molecule has 0 radical (unpaired) electrons. The van der Waals surface area contributed by atoms with Gasteiger partial charge in [0.2, 0.25) is 0 Å². The first kappa shape index (κ1) is 25.3. The van der Waals surface area contributed by atoms with Gasteiger partial charge in [-0.05, 0) is 37.2 Å². The second kappa shape index (κ2) is 11.6. The number of aryl methyl sites for hydroxylation is 1. The van der Waals surface area contributed by atoms with E-state index in [4.69, 9.17) is 9.47 Å². The summed E-state index contributed by atoms with van der Waals surface area (Å²) in [5.41, 5.74) is 0.423. The van der Waals surface area contributed by atoms with Gasteiger partial charge in [-0.15, -0.1) is 0 Å². The molecule has 0 fully saturated rings. The molecule has 2 N–H and O–H groups in total. The van der Waals surface area contributed by atoms with Crippen molar-refractivity contribution in [2.75, 3.05) is 13.2 Å². The number of amides is 2. The Bertz CT molecular complexity index is 788. The van der Waals surface area contributed by atoms with Gasteiger partial charge in [0.05, 0.1) is 13.2 Å². The molecule has 1 aromatic heterocycles. The fourth-order valence-corrected chi connectivity index (χ4v) is 3.32. The van der Waals surface area contributed by atoms with Crippen LogP contribution in [-0.4, -0.2) is 49.1 Å². The van der Waals surface area contributed by atoms with Crippen molar-refractivity contribution in [3.05, 3.63) is 29.6 Å². The quantitative estimate of drug-likeness (QED) is 0.521. The van der Waals surface area contributed by atoms with Crippen LogP contribution in [-0.2, 0) is 26.1 Å². The average molecular weight is 449 g/mol. The van der Waals surface area contributed by atoms with E-state index in [9.17, 15) is 19.2 Å². The molecule has 0 saturated heterocycles. The van der Waals surface area contributed by atoms with Crippen molar-refractivity contribution >= 4 is 23.8 Å². The number of ether oxygens (including phenoxy) is 2.